The van der Waals surface area contributed by atoms with E-state index in [4.69, 9.17) is 38.1 Å². The Morgan fingerprint density at radius 2 is 1.91 bits per heavy atom. The SMILES string of the molecule is Cc1cc(=O)c2c(o1)OC(N)=C(C#N)[C@H]2c1c(Cl)cccc1Cl. The molecule has 1 atom stereocenters. The zero-order valence-electron chi connectivity index (χ0n) is 11.9. The predicted molar refractivity (Wildman–Crippen MR) is 85.5 cm³/mol. The van der Waals surface area contributed by atoms with Gasteiger partial charge in [0.1, 0.15) is 17.4 Å². The van der Waals surface area contributed by atoms with Crippen molar-refractivity contribution >= 4 is 23.2 Å². The fourth-order valence-corrected chi connectivity index (χ4v) is 3.18. The first-order valence-corrected chi connectivity index (χ1v) is 7.35. The fourth-order valence-electron chi connectivity index (χ4n) is 2.57. The summed E-state index contributed by atoms with van der Waals surface area (Å²) in [6.07, 6.45) is 0. The lowest BCUT2D eigenvalue weighted by Crippen LogP contribution is -2.26. The Bertz CT molecular complexity index is 921. The molecule has 116 valence electrons. The summed E-state index contributed by atoms with van der Waals surface area (Å²) in [5.41, 5.74) is 6.10. The Balaban J connectivity index is 2.40. The molecule has 0 aliphatic carbocycles. The van der Waals surface area contributed by atoms with Crippen molar-refractivity contribution in [2.45, 2.75) is 12.8 Å². The molecular formula is C16H10Cl2N2O3. The van der Waals surface area contributed by atoms with Gasteiger partial charge in [0.05, 0.1) is 11.5 Å². The topological polar surface area (TPSA) is 89.2 Å². The highest BCUT2D eigenvalue weighted by Crippen LogP contribution is 2.45. The molecule has 7 heteroatoms. The number of aryl methyl sites for hydroxylation is 1. The molecule has 1 aromatic carbocycles. The van der Waals surface area contributed by atoms with Crippen LogP contribution in [0.3, 0.4) is 0 Å². The zero-order valence-corrected chi connectivity index (χ0v) is 13.4. The maximum absolute atomic E-state index is 12.5. The molecular weight excluding hydrogens is 339 g/mol. The van der Waals surface area contributed by atoms with Crippen LogP contribution in [0.1, 0.15) is 22.8 Å². The Hall–Kier alpha value is -2.42. The van der Waals surface area contributed by atoms with Gasteiger partial charge in [-0.25, -0.2) is 0 Å². The van der Waals surface area contributed by atoms with Crippen molar-refractivity contribution in [3.8, 4) is 12.0 Å². The molecule has 2 N–H and O–H groups in total. The van der Waals surface area contributed by atoms with E-state index < -0.39 is 5.92 Å². The third kappa shape index (κ3) is 2.46. The number of nitriles is 1. The molecule has 0 saturated heterocycles. The quantitative estimate of drug-likeness (QED) is 0.851. The third-order valence-electron chi connectivity index (χ3n) is 3.53. The minimum atomic E-state index is -0.846. The molecule has 1 aliphatic rings. The number of nitrogens with two attached hydrogens (primary N) is 1. The molecule has 0 fully saturated rings. The molecule has 3 rings (SSSR count). The van der Waals surface area contributed by atoms with E-state index in [9.17, 15) is 10.1 Å². The van der Waals surface area contributed by atoms with Crippen molar-refractivity contribution in [2.75, 3.05) is 0 Å². The molecule has 0 amide bonds. The standard InChI is InChI=1S/C16H10Cl2N2O3/c1-7-5-11(21)14-12(13-9(17)3-2-4-10(13)18)8(6-19)15(20)23-16(14)22-7/h2-5,12H,20H2,1H3/t12-/m0/s1. The molecule has 5 nitrogen and oxygen atoms in total. The van der Waals surface area contributed by atoms with Gasteiger partial charge in [0.25, 0.3) is 5.95 Å². The van der Waals surface area contributed by atoms with Gasteiger partial charge in [0.15, 0.2) is 5.43 Å². The van der Waals surface area contributed by atoms with E-state index in [1.807, 2.05) is 6.07 Å². The average molecular weight is 349 g/mol. The molecule has 0 bridgehead atoms. The minimum absolute atomic E-state index is 0.0486. The Kier molecular flexibility index (Phi) is 3.80. The van der Waals surface area contributed by atoms with E-state index in [0.29, 0.717) is 21.4 Å². The summed E-state index contributed by atoms with van der Waals surface area (Å²) in [6.45, 7) is 1.61. The first kappa shape index (κ1) is 15.5. The summed E-state index contributed by atoms with van der Waals surface area (Å²) in [6, 6.07) is 8.21. The van der Waals surface area contributed by atoms with Crippen molar-refractivity contribution in [1.82, 2.24) is 0 Å². The van der Waals surface area contributed by atoms with Gasteiger partial charge in [-0.15, -0.1) is 0 Å². The molecule has 0 radical (unpaired) electrons. The van der Waals surface area contributed by atoms with E-state index in [2.05, 4.69) is 0 Å². The van der Waals surface area contributed by atoms with Crippen molar-refractivity contribution in [3.05, 3.63) is 72.9 Å². The molecule has 0 unspecified atom stereocenters. The number of hydrogen-bond acceptors (Lipinski definition) is 5. The fraction of sp³-hybridized carbons (Fsp3) is 0.125. The number of rotatable bonds is 1. The summed E-state index contributed by atoms with van der Waals surface area (Å²) in [5.74, 6) is -0.671. The lowest BCUT2D eigenvalue weighted by molar-refractivity contribution is 0.275. The molecule has 2 aromatic rings. The second kappa shape index (κ2) is 5.65. The van der Waals surface area contributed by atoms with Crippen LogP contribution in [0.2, 0.25) is 10.0 Å². The summed E-state index contributed by atoms with van der Waals surface area (Å²) in [5, 5.41) is 10.1. The van der Waals surface area contributed by atoms with Crippen LogP contribution >= 0.6 is 23.2 Å². The normalized spacial score (nSPS) is 16.5. The highest BCUT2D eigenvalue weighted by molar-refractivity contribution is 6.36. The van der Waals surface area contributed by atoms with Crippen LogP contribution in [0.5, 0.6) is 5.95 Å². The Morgan fingerprint density at radius 3 is 2.52 bits per heavy atom. The number of nitrogens with zero attached hydrogens (tertiary/aromatic N) is 1. The first-order valence-electron chi connectivity index (χ1n) is 6.60. The van der Waals surface area contributed by atoms with Gasteiger partial charge in [-0.3, -0.25) is 4.79 Å². The van der Waals surface area contributed by atoms with Gasteiger partial charge in [0.2, 0.25) is 5.88 Å². The molecule has 1 aliphatic heterocycles. The Labute approximate surface area is 141 Å². The van der Waals surface area contributed by atoms with Gasteiger partial charge >= 0.3 is 0 Å². The van der Waals surface area contributed by atoms with Gasteiger partial charge in [-0.05, 0) is 19.1 Å². The number of ether oxygens (including phenoxy) is 1. The smallest absolute Gasteiger partial charge is 0.299 e. The predicted octanol–water partition coefficient (Wildman–Crippen LogP) is 3.47. The molecule has 1 aromatic heterocycles. The van der Waals surface area contributed by atoms with E-state index in [0.717, 1.165) is 0 Å². The molecule has 0 saturated carbocycles. The lowest BCUT2D eigenvalue weighted by atomic mass is 9.84. The van der Waals surface area contributed by atoms with E-state index in [-0.39, 0.29) is 28.4 Å². The van der Waals surface area contributed by atoms with Crippen LogP contribution in [-0.2, 0) is 0 Å². The maximum atomic E-state index is 12.5. The van der Waals surface area contributed by atoms with E-state index in [1.54, 1.807) is 25.1 Å². The number of fused-ring (bicyclic) bond motifs is 1. The van der Waals surface area contributed by atoms with Crippen molar-refractivity contribution < 1.29 is 9.15 Å². The van der Waals surface area contributed by atoms with Crippen LogP contribution in [-0.4, -0.2) is 0 Å². The zero-order chi connectivity index (χ0) is 16.7. The molecule has 0 spiro atoms. The summed E-state index contributed by atoms with van der Waals surface area (Å²) >= 11 is 12.5. The summed E-state index contributed by atoms with van der Waals surface area (Å²) < 4.78 is 10.8. The maximum Gasteiger partial charge on any atom is 0.299 e. The van der Waals surface area contributed by atoms with E-state index in [1.165, 1.54) is 6.07 Å². The highest BCUT2D eigenvalue weighted by atomic mass is 35.5. The first-order chi connectivity index (χ1) is 10.9. The largest absolute Gasteiger partial charge is 0.430 e. The average Bonchev–Trinajstić information content (AvgIpc) is 2.46. The number of allylic oxidation sites excluding steroid dienone is 1. The summed E-state index contributed by atoms with van der Waals surface area (Å²) in [7, 11) is 0. The number of hydrogen-bond donors (Lipinski definition) is 1. The summed E-state index contributed by atoms with van der Waals surface area (Å²) in [4.78, 5) is 12.5. The van der Waals surface area contributed by atoms with Crippen LogP contribution in [0.25, 0.3) is 0 Å². The second-order valence-corrected chi connectivity index (χ2v) is 5.80. The third-order valence-corrected chi connectivity index (χ3v) is 4.19. The van der Waals surface area contributed by atoms with Crippen molar-refractivity contribution in [2.24, 2.45) is 5.73 Å². The van der Waals surface area contributed by atoms with Crippen LogP contribution in [0.15, 0.2) is 44.9 Å². The Morgan fingerprint density at radius 1 is 1.26 bits per heavy atom. The van der Waals surface area contributed by atoms with Gasteiger partial charge in [0, 0.05) is 21.7 Å². The molecule has 2 heterocycles. The highest BCUT2D eigenvalue weighted by Gasteiger charge is 2.37. The van der Waals surface area contributed by atoms with Gasteiger partial charge in [-0.2, -0.15) is 5.26 Å². The van der Waals surface area contributed by atoms with Crippen molar-refractivity contribution in [3.63, 3.8) is 0 Å². The van der Waals surface area contributed by atoms with E-state index >= 15 is 0 Å². The minimum Gasteiger partial charge on any atom is -0.430 e. The lowest BCUT2D eigenvalue weighted by Gasteiger charge is -2.25. The second-order valence-electron chi connectivity index (χ2n) is 4.98. The van der Waals surface area contributed by atoms with Crippen molar-refractivity contribution in [1.29, 1.82) is 5.26 Å². The van der Waals surface area contributed by atoms with Gasteiger partial charge < -0.3 is 14.9 Å². The van der Waals surface area contributed by atoms with Gasteiger partial charge in [-0.1, -0.05) is 29.3 Å². The van der Waals surface area contributed by atoms with Crippen LogP contribution < -0.4 is 15.9 Å². The number of halogens is 2. The number of benzene rings is 1. The van der Waals surface area contributed by atoms with Crippen LogP contribution in [0, 0.1) is 18.3 Å². The molecule has 23 heavy (non-hydrogen) atoms. The monoisotopic (exact) mass is 348 g/mol. The van der Waals surface area contributed by atoms with Crippen LogP contribution in [0.4, 0.5) is 0 Å².